The van der Waals surface area contributed by atoms with Gasteiger partial charge in [-0.1, -0.05) is 79.2 Å². The minimum absolute atomic E-state index is 0.00560. The molecule has 2 fully saturated rings. The number of likely N-dealkylation sites (tertiary alicyclic amines) is 1. The van der Waals surface area contributed by atoms with Crippen LogP contribution in [-0.2, 0) is 28.2 Å². The maximum Gasteiger partial charge on any atom is 0.315 e. The molecule has 3 aromatic rings. The van der Waals surface area contributed by atoms with E-state index >= 15 is 0 Å². The summed E-state index contributed by atoms with van der Waals surface area (Å²) in [5, 5.41) is 27.2. The van der Waals surface area contributed by atoms with Gasteiger partial charge in [0.25, 0.3) is 0 Å². The van der Waals surface area contributed by atoms with E-state index < -0.39 is 11.9 Å². The van der Waals surface area contributed by atoms with Gasteiger partial charge in [0.15, 0.2) is 6.29 Å². The van der Waals surface area contributed by atoms with E-state index in [9.17, 15) is 15.0 Å². The minimum Gasteiger partial charge on any atom is -0.392 e. The molecule has 9 heteroatoms. The molecule has 0 aliphatic carbocycles. The molecule has 4 atom stereocenters. The van der Waals surface area contributed by atoms with E-state index in [0.29, 0.717) is 31.0 Å². The Morgan fingerprint density at radius 1 is 0.930 bits per heavy atom. The first-order chi connectivity index (χ1) is 20.8. The Morgan fingerprint density at radius 2 is 1.56 bits per heavy atom. The number of hydrogen-bond donors (Lipinski definition) is 4. The average Bonchev–Trinajstić information content (AvgIpc) is 3.03. The topological polar surface area (TPSA) is 103 Å². The number of piperidine rings is 1. The zero-order chi connectivity index (χ0) is 30.4. The van der Waals surface area contributed by atoms with Crippen LogP contribution in [0.2, 0.25) is 5.02 Å². The van der Waals surface area contributed by atoms with E-state index in [1.165, 1.54) is 0 Å². The highest BCUT2D eigenvalue weighted by Gasteiger charge is 2.41. The third kappa shape index (κ3) is 7.76. The van der Waals surface area contributed by atoms with Crippen LogP contribution >= 0.6 is 11.6 Å². The lowest BCUT2D eigenvalue weighted by molar-refractivity contribution is -0.277. The van der Waals surface area contributed by atoms with Crippen molar-refractivity contribution in [1.29, 1.82) is 0 Å². The van der Waals surface area contributed by atoms with Crippen molar-refractivity contribution in [3.63, 3.8) is 0 Å². The fourth-order valence-corrected chi connectivity index (χ4v) is 6.06. The van der Waals surface area contributed by atoms with Crippen molar-refractivity contribution in [2.24, 2.45) is 5.92 Å². The molecule has 2 amide bonds. The molecule has 230 valence electrons. The number of benzene rings is 3. The molecule has 8 nitrogen and oxygen atoms in total. The van der Waals surface area contributed by atoms with Gasteiger partial charge in [0.1, 0.15) is 0 Å². The molecule has 0 aromatic heterocycles. The van der Waals surface area contributed by atoms with Crippen LogP contribution in [0.3, 0.4) is 0 Å². The molecule has 2 aliphatic rings. The first-order valence-electron chi connectivity index (χ1n) is 15.1. The summed E-state index contributed by atoms with van der Waals surface area (Å²) in [6.45, 7) is 7.26. The fraction of sp³-hybridized carbons (Fsp3) is 0.441. The lowest BCUT2D eigenvalue weighted by Gasteiger charge is -2.45. The molecular weight excluding hydrogens is 566 g/mol. The van der Waals surface area contributed by atoms with Crippen molar-refractivity contribution in [1.82, 2.24) is 15.5 Å². The van der Waals surface area contributed by atoms with Crippen LogP contribution in [0, 0.1) is 5.92 Å². The fourth-order valence-electron chi connectivity index (χ4n) is 5.93. The summed E-state index contributed by atoms with van der Waals surface area (Å²) < 4.78 is 13.2. The van der Waals surface area contributed by atoms with Crippen LogP contribution in [0.15, 0.2) is 72.8 Å². The number of halogens is 1. The number of hydrogen-bond acceptors (Lipinski definition) is 6. The van der Waals surface area contributed by atoms with Crippen molar-refractivity contribution in [2.45, 2.75) is 63.9 Å². The van der Waals surface area contributed by atoms with Gasteiger partial charge in [-0.05, 0) is 54.2 Å². The van der Waals surface area contributed by atoms with E-state index in [2.05, 4.69) is 22.5 Å². The second-order valence-corrected chi connectivity index (χ2v) is 12.1. The number of amides is 2. The zero-order valence-electron chi connectivity index (χ0n) is 24.8. The molecule has 0 radical (unpaired) electrons. The maximum atomic E-state index is 11.8. The van der Waals surface area contributed by atoms with E-state index in [1.54, 1.807) is 0 Å². The Morgan fingerprint density at radius 3 is 2.19 bits per heavy atom. The normalized spacial score (nSPS) is 23.9. The number of aliphatic hydroxyl groups excluding tert-OH is 1. The Balaban J connectivity index is 1.29. The standard InChI is InChI=1S/C34H42ClN3O5/c1-3-36-33(40)37-20-24-4-10-27(11-5-24)32-42-30(23(2)31(43-32)26-8-6-25(22-39)7-9-26)21-38-18-16-34(41,17-19-38)28-12-14-29(35)15-13-28/h4-15,23,30-32,39,41H,3,16-22H2,1-2H3,(H2,36,37,40)/t23-,30+,31+,32?/m0/s1. The predicted molar refractivity (Wildman–Crippen MR) is 166 cm³/mol. The van der Waals surface area contributed by atoms with Gasteiger partial charge < -0.3 is 35.2 Å². The summed E-state index contributed by atoms with van der Waals surface area (Å²) in [7, 11) is 0. The summed E-state index contributed by atoms with van der Waals surface area (Å²) in [5.74, 6) is 0.0638. The molecule has 2 heterocycles. The van der Waals surface area contributed by atoms with Crippen molar-refractivity contribution >= 4 is 17.6 Å². The largest absolute Gasteiger partial charge is 0.392 e. The number of rotatable bonds is 9. The van der Waals surface area contributed by atoms with Crippen LogP contribution in [-0.4, -0.2) is 53.4 Å². The summed E-state index contributed by atoms with van der Waals surface area (Å²) in [4.78, 5) is 14.2. The van der Waals surface area contributed by atoms with Gasteiger partial charge in [-0.2, -0.15) is 0 Å². The van der Waals surface area contributed by atoms with Gasteiger partial charge in [-0.25, -0.2) is 4.79 Å². The maximum absolute atomic E-state index is 11.8. The van der Waals surface area contributed by atoms with Gasteiger partial charge >= 0.3 is 6.03 Å². The first kappa shape index (κ1) is 31.4. The summed E-state index contributed by atoms with van der Waals surface area (Å²) in [6.07, 6.45) is 0.388. The Kier molecular flexibility index (Phi) is 10.4. The Hall–Kier alpha value is -2.98. The zero-order valence-corrected chi connectivity index (χ0v) is 25.6. The molecule has 0 saturated carbocycles. The molecule has 2 saturated heterocycles. The molecule has 0 spiro atoms. The molecular formula is C34H42ClN3O5. The Bertz CT molecular complexity index is 1330. The SMILES string of the molecule is CCNC(=O)NCc1ccc(C2O[C@H](CN3CCC(O)(c4ccc(Cl)cc4)CC3)[C@H](C)[C@H](c3ccc(CO)cc3)O2)cc1. The third-order valence-corrected chi connectivity index (χ3v) is 8.92. The van der Waals surface area contributed by atoms with Crippen LogP contribution in [0.1, 0.15) is 66.9 Å². The predicted octanol–water partition coefficient (Wildman–Crippen LogP) is 5.43. The highest BCUT2D eigenvalue weighted by molar-refractivity contribution is 6.30. The highest BCUT2D eigenvalue weighted by Crippen LogP contribution is 2.42. The van der Waals surface area contributed by atoms with Crippen molar-refractivity contribution in [3.8, 4) is 0 Å². The summed E-state index contributed by atoms with van der Waals surface area (Å²) in [5.41, 5.74) is 3.83. The smallest absolute Gasteiger partial charge is 0.315 e. The second-order valence-electron chi connectivity index (χ2n) is 11.6. The number of urea groups is 1. The van der Waals surface area contributed by atoms with E-state index in [1.807, 2.05) is 79.7 Å². The Labute approximate surface area is 259 Å². The van der Waals surface area contributed by atoms with Crippen LogP contribution in [0.4, 0.5) is 4.79 Å². The van der Waals surface area contributed by atoms with E-state index in [4.69, 9.17) is 21.1 Å². The first-order valence-corrected chi connectivity index (χ1v) is 15.5. The number of ether oxygens (including phenoxy) is 2. The van der Waals surface area contributed by atoms with E-state index in [0.717, 1.165) is 47.5 Å². The van der Waals surface area contributed by atoms with Gasteiger partial charge in [0.05, 0.1) is 24.4 Å². The monoisotopic (exact) mass is 607 g/mol. The third-order valence-electron chi connectivity index (χ3n) is 8.67. The van der Waals surface area contributed by atoms with Crippen LogP contribution < -0.4 is 10.6 Å². The van der Waals surface area contributed by atoms with Crippen molar-refractivity contribution < 1.29 is 24.5 Å². The van der Waals surface area contributed by atoms with Gasteiger partial charge in [-0.3, -0.25) is 0 Å². The lowest BCUT2D eigenvalue weighted by Crippen LogP contribution is -2.49. The molecule has 5 rings (SSSR count). The number of aliphatic hydroxyl groups is 2. The quantitative estimate of drug-likeness (QED) is 0.259. The number of carbonyl (C=O) groups excluding carboxylic acids is 1. The molecule has 4 N–H and O–H groups in total. The van der Waals surface area contributed by atoms with Crippen molar-refractivity contribution in [2.75, 3.05) is 26.2 Å². The van der Waals surface area contributed by atoms with Gasteiger partial charge in [-0.15, -0.1) is 0 Å². The molecule has 2 aliphatic heterocycles. The minimum atomic E-state index is -0.865. The summed E-state index contributed by atoms with van der Waals surface area (Å²) in [6, 6.07) is 23.2. The van der Waals surface area contributed by atoms with Gasteiger partial charge in [0.2, 0.25) is 0 Å². The number of carbonyl (C=O) groups is 1. The average molecular weight is 608 g/mol. The lowest BCUT2D eigenvalue weighted by atomic mass is 9.84. The number of nitrogens with one attached hydrogen (secondary N) is 2. The number of nitrogens with zero attached hydrogens (tertiary/aromatic N) is 1. The van der Waals surface area contributed by atoms with Crippen LogP contribution in [0.25, 0.3) is 0 Å². The van der Waals surface area contributed by atoms with E-state index in [-0.39, 0.29) is 30.8 Å². The van der Waals surface area contributed by atoms with Crippen LogP contribution in [0.5, 0.6) is 0 Å². The molecule has 1 unspecified atom stereocenters. The molecule has 43 heavy (non-hydrogen) atoms. The summed E-state index contributed by atoms with van der Waals surface area (Å²) >= 11 is 6.07. The molecule has 0 bridgehead atoms. The second kappa shape index (κ2) is 14.2. The molecule has 3 aromatic carbocycles. The van der Waals surface area contributed by atoms with Gasteiger partial charge in [0, 0.05) is 49.2 Å². The van der Waals surface area contributed by atoms with Crippen molar-refractivity contribution in [3.05, 3.63) is 106 Å². The highest BCUT2D eigenvalue weighted by atomic mass is 35.5.